The van der Waals surface area contributed by atoms with Crippen molar-refractivity contribution in [2.75, 3.05) is 12.4 Å². The minimum absolute atomic E-state index is 0.0901. The van der Waals surface area contributed by atoms with Crippen LogP contribution in [0.5, 0.6) is 0 Å². The Bertz CT molecular complexity index is 599. The quantitative estimate of drug-likeness (QED) is 0.912. The molecule has 0 aliphatic rings. The first-order valence-corrected chi connectivity index (χ1v) is 6.68. The second-order valence-electron chi connectivity index (χ2n) is 4.45. The predicted octanol–water partition coefficient (Wildman–Crippen LogP) is 3.67. The summed E-state index contributed by atoms with van der Waals surface area (Å²) in [7, 11) is 1.64. The van der Waals surface area contributed by atoms with Gasteiger partial charge >= 0.3 is 0 Å². The summed E-state index contributed by atoms with van der Waals surface area (Å²) >= 11 is 6.04. The number of benzene rings is 2. The van der Waals surface area contributed by atoms with E-state index in [2.05, 4.69) is 5.32 Å². The highest BCUT2D eigenvalue weighted by Crippen LogP contribution is 2.17. The normalized spacial score (nSPS) is 10.3. The highest BCUT2D eigenvalue weighted by Gasteiger charge is 2.07. The molecule has 0 radical (unpaired) electrons. The molecule has 2 aromatic rings. The Morgan fingerprint density at radius 2 is 2.00 bits per heavy atom. The van der Waals surface area contributed by atoms with Crippen LogP contribution < -0.4 is 5.32 Å². The number of carbonyl (C=O) groups is 1. The summed E-state index contributed by atoms with van der Waals surface area (Å²) in [6, 6.07) is 14.9. The number of carbonyl (C=O) groups excluding carboxylic acids is 1. The van der Waals surface area contributed by atoms with Gasteiger partial charge in [0.1, 0.15) is 0 Å². The molecule has 0 saturated carbocycles. The average molecular weight is 290 g/mol. The topological polar surface area (TPSA) is 38.3 Å². The van der Waals surface area contributed by atoms with Crippen molar-refractivity contribution in [3.8, 4) is 0 Å². The zero-order valence-corrected chi connectivity index (χ0v) is 12.0. The van der Waals surface area contributed by atoms with Crippen molar-refractivity contribution in [3.63, 3.8) is 0 Å². The Morgan fingerprint density at radius 3 is 2.75 bits per heavy atom. The molecule has 0 unspecified atom stereocenters. The SMILES string of the molecule is COCc1cccc(NC(=O)Cc2ccccc2Cl)c1. The van der Waals surface area contributed by atoms with Gasteiger partial charge in [0.2, 0.25) is 5.91 Å². The Balaban J connectivity index is 2.01. The van der Waals surface area contributed by atoms with Gasteiger partial charge in [-0.2, -0.15) is 0 Å². The molecular formula is C16H16ClNO2. The molecule has 0 bridgehead atoms. The summed E-state index contributed by atoms with van der Waals surface area (Å²) in [5.41, 5.74) is 2.60. The third kappa shape index (κ3) is 4.08. The number of methoxy groups -OCH3 is 1. The molecule has 1 amide bonds. The van der Waals surface area contributed by atoms with E-state index in [-0.39, 0.29) is 12.3 Å². The molecule has 4 heteroatoms. The van der Waals surface area contributed by atoms with Gasteiger partial charge in [-0.15, -0.1) is 0 Å². The predicted molar refractivity (Wildman–Crippen MR) is 80.9 cm³/mol. The van der Waals surface area contributed by atoms with Gasteiger partial charge in [-0.05, 0) is 29.3 Å². The summed E-state index contributed by atoms with van der Waals surface area (Å²) in [5, 5.41) is 3.47. The maximum Gasteiger partial charge on any atom is 0.228 e. The Hall–Kier alpha value is -1.84. The van der Waals surface area contributed by atoms with E-state index in [9.17, 15) is 4.79 Å². The minimum atomic E-state index is -0.0901. The summed E-state index contributed by atoms with van der Waals surface area (Å²) in [5.74, 6) is -0.0901. The summed E-state index contributed by atoms with van der Waals surface area (Å²) in [6.07, 6.45) is 0.258. The molecule has 0 heterocycles. The first kappa shape index (κ1) is 14.6. The summed E-state index contributed by atoms with van der Waals surface area (Å²) < 4.78 is 5.07. The fourth-order valence-corrected chi connectivity index (χ4v) is 2.13. The molecule has 0 saturated heterocycles. The molecule has 20 heavy (non-hydrogen) atoms. The lowest BCUT2D eigenvalue weighted by Gasteiger charge is -2.08. The van der Waals surface area contributed by atoms with E-state index in [1.165, 1.54) is 0 Å². The lowest BCUT2D eigenvalue weighted by molar-refractivity contribution is -0.115. The van der Waals surface area contributed by atoms with Gasteiger partial charge in [0.25, 0.3) is 0 Å². The third-order valence-corrected chi connectivity index (χ3v) is 3.20. The van der Waals surface area contributed by atoms with Crippen molar-refractivity contribution < 1.29 is 9.53 Å². The number of hydrogen-bond donors (Lipinski definition) is 1. The first-order chi connectivity index (χ1) is 9.69. The fourth-order valence-electron chi connectivity index (χ4n) is 1.93. The molecule has 104 valence electrons. The van der Waals surface area contributed by atoms with Crippen LogP contribution >= 0.6 is 11.6 Å². The number of anilines is 1. The van der Waals surface area contributed by atoms with E-state index in [1.54, 1.807) is 13.2 Å². The number of hydrogen-bond acceptors (Lipinski definition) is 2. The van der Waals surface area contributed by atoms with E-state index < -0.39 is 0 Å². The zero-order chi connectivity index (χ0) is 14.4. The molecule has 0 aliphatic heterocycles. The van der Waals surface area contributed by atoms with Crippen LogP contribution in [-0.4, -0.2) is 13.0 Å². The van der Waals surface area contributed by atoms with Gasteiger partial charge in [0, 0.05) is 17.8 Å². The maximum absolute atomic E-state index is 12.0. The number of nitrogens with one attached hydrogen (secondary N) is 1. The van der Waals surface area contributed by atoms with Crippen molar-refractivity contribution in [2.45, 2.75) is 13.0 Å². The first-order valence-electron chi connectivity index (χ1n) is 6.30. The molecule has 2 rings (SSSR count). The van der Waals surface area contributed by atoms with Gasteiger partial charge in [0.15, 0.2) is 0 Å². The van der Waals surface area contributed by atoms with Crippen LogP contribution in [0.15, 0.2) is 48.5 Å². The molecule has 0 atom stereocenters. The van der Waals surface area contributed by atoms with Crippen LogP contribution in [0.1, 0.15) is 11.1 Å². The van der Waals surface area contributed by atoms with Crippen molar-refractivity contribution in [2.24, 2.45) is 0 Å². The van der Waals surface area contributed by atoms with Crippen LogP contribution in [0.2, 0.25) is 5.02 Å². The molecule has 0 spiro atoms. The second kappa shape index (κ2) is 7.08. The zero-order valence-electron chi connectivity index (χ0n) is 11.2. The van der Waals surface area contributed by atoms with E-state index >= 15 is 0 Å². The van der Waals surface area contributed by atoms with E-state index in [4.69, 9.17) is 16.3 Å². The van der Waals surface area contributed by atoms with Crippen molar-refractivity contribution >= 4 is 23.2 Å². The molecule has 0 aromatic heterocycles. The van der Waals surface area contributed by atoms with E-state index in [0.717, 1.165) is 16.8 Å². The Morgan fingerprint density at radius 1 is 1.20 bits per heavy atom. The molecular weight excluding hydrogens is 274 g/mol. The molecule has 1 N–H and O–H groups in total. The standard InChI is InChI=1S/C16H16ClNO2/c1-20-11-12-5-4-7-14(9-12)18-16(19)10-13-6-2-3-8-15(13)17/h2-9H,10-11H2,1H3,(H,18,19). The summed E-state index contributed by atoms with van der Waals surface area (Å²) in [4.78, 5) is 12.0. The lowest BCUT2D eigenvalue weighted by Crippen LogP contribution is -2.14. The average Bonchev–Trinajstić information content (AvgIpc) is 2.42. The fraction of sp³-hybridized carbons (Fsp3) is 0.188. The Labute approximate surface area is 123 Å². The second-order valence-corrected chi connectivity index (χ2v) is 4.86. The van der Waals surface area contributed by atoms with Crippen LogP contribution in [0.4, 0.5) is 5.69 Å². The van der Waals surface area contributed by atoms with E-state index in [0.29, 0.717) is 11.6 Å². The van der Waals surface area contributed by atoms with Gasteiger partial charge in [0.05, 0.1) is 13.0 Å². The van der Waals surface area contributed by atoms with Crippen LogP contribution in [0, 0.1) is 0 Å². The smallest absolute Gasteiger partial charge is 0.228 e. The minimum Gasteiger partial charge on any atom is -0.380 e. The molecule has 0 fully saturated rings. The van der Waals surface area contributed by atoms with Crippen LogP contribution in [0.25, 0.3) is 0 Å². The van der Waals surface area contributed by atoms with E-state index in [1.807, 2.05) is 42.5 Å². The largest absolute Gasteiger partial charge is 0.380 e. The third-order valence-electron chi connectivity index (χ3n) is 2.83. The summed E-state index contributed by atoms with van der Waals surface area (Å²) in [6.45, 7) is 0.522. The molecule has 0 aliphatic carbocycles. The van der Waals surface area contributed by atoms with Crippen molar-refractivity contribution in [3.05, 3.63) is 64.7 Å². The Kier molecular flexibility index (Phi) is 5.16. The molecule has 2 aromatic carbocycles. The maximum atomic E-state index is 12.0. The van der Waals surface area contributed by atoms with Gasteiger partial charge in [-0.25, -0.2) is 0 Å². The number of amides is 1. The van der Waals surface area contributed by atoms with Crippen molar-refractivity contribution in [1.29, 1.82) is 0 Å². The van der Waals surface area contributed by atoms with Gasteiger partial charge in [-0.3, -0.25) is 4.79 Å². The van der Waals surface area contributed by atoms with Crippen LogP contribution in [0.3, 0.4) is 0 Å². The highest BCUT2D eigenvalue weighted by atomic mass is 35.5. The number of ether oxygens (including phenoxy) is 1. The molecule has 3 nitrogen and oxygen atoms in total. The van der Waals surface area contributed by atoms with Gasteiger partial charge < -0.3 is 10.1 Å². The van der Waals surface area contributed by atoms with Gasteiger partial charge in [-0.1, -0.05) is 41.9 Å². The highest BCUT2D eigenvalue weighted by molar-refractivity contribution is 6.31. The number of halogens is 1. The lowest BCUT2D eigenvalue weighted by atomic mass is 10.1. The van der Waals surface area contributed by atoms with Crippen LogP contribution in [-0.2, 0) is 22.6 Å². The number of rotatable bonds is 5. The monoisotopic (exact) mass is 289 g/mol. The van der Waals surface area contributed by atoms with Crippen molar-refractivity contribution in [1.82, 2.24) is 0 Å².